The number of nitrogen functional groups attached to an aromatic ring is 1. The first-order valence-corrected chi connectivity index (χ1v) is 6.12. The third-order valence-electron chi connectivity index (χ3n) is 2.88. The maximum Gasteiger partial charge on any atom is 0.312 e. The minimum atomic E-state index is -0.501. The van der Waals surface area contributed by atoms with Gasteiger partial charge in [-0.25, -0.2) is 0 Å². The van der Waals surface area contributed by atoms with Gasteiger partial charge in [-0.05, 0) is 31.0 Å². The number of nitrogens with one attached hydrogen (secondary N) is 1. The minimum Gasteiger partial charge on any atom is -0.447 e. The smallest absolute Gasteiger partial charge is 0.312 e. The highest BCUT2D eigenvalue weighted by atomic mass is 16.6. The highest BCUT2D eigenvalue weighted by molar-refractivity contribution is 5.97. The van der Waals surface area contributed by atoms with Gasteiger partial charge in [0, 0.05) is 12.3 Å². The summed E-state index contributed by atoms with van der Waals surface area (Å²) in [4.78, 5) is 14.6. The van der Waals surface area contributed by atoms with E-state index in [9.17, 15) is 10.1 Å². The van der Waals surface area contributed by atoms with Crippen molar-refractivity contribution in [1.29, 1.82) is 5.41 Å². The Morgan fingerprint density at radius 2 is 2.14 bits per heavy atom. The number of nitro groups is 1. The van der Waals surface area contributed by atoms with Crippen LogP contribution < -0.4 is 10.5 Å². The molecule has 0 aliphatic heterocycles. The van der Waals surface area contributed by atoms with E-state index in [0.717, 1.165) is 5.56 Å². The van der Waals surface area contributed by atoms with Gasteiger partial charge in [0.25, 0.3) is 0 Å². The minimum absolute atomic E-state index is 0.126. The molecular weight excluding hydrogens is 272 g/mol. The summed E-state index contributed by atoms with van der Waals surface area (Å²) in [6.07, 6.45) is 2.85. The van der Waals surface area contributed by atoms with Crippen molar-refractivity contribution < 1.29 is 9.66 Å². The van der Waals surface area contributed by atoms with Crippen LogP contribution in [0.2, 0.25) is 0 Å². The van der Waals surface area contributed by atoms with Crippen LogP contribution in [0.25, 0.3) is 0 Å². The fraction of sp³-hybridized carbons (Fsp3) is 0.143. The molecule has 2 rings (SSSR count). The lowest BCUT2D eigenvalue weighted by atomic mass is 10.1. The lowest BCUT2D eigenvalue weighted by Crippen LogP contribution is -2.12. The number of amidine groups is 1. The third kappa shape index (κ3) is 2.97. The molecular formula is C14H14N4O3. The maximum atomic E-state index is 11.2. The summed E-state index contributed by atoms with van der Waals surface area (Å²) < 4.78 is 5.62. The van der Waals surface area contributed by atoms with E-state index in [1.807, 2.05) is 0 Å². The fourth-order valence-electron chi connectivity index (χ4n) is 1.99. The summed E-state index contributed by atoms with van der Waals surface area (Å²) in [6.45, 7) is 3.49. The molecule has 0 saturated carbocycles. The molecule has 1 aromatic heterocycles. The summed E-state index contributed by atoms with van der Waals surface area (Å²) in [5.41, 5.74) is 7.06. The molecule has 1 aromatic carbocycles. The monoisotopic (exact) mass is 286 g/mol. The number of aryl methyl sites for hydroxylation is 2. The van der Waals surface area contributed by atoms with Gasteiger partial charge >= 0.3 is 5.69 Å². The molecule has 1 heterocycles. The van der Waals surface area contributed by atoms with Crippen molar-refractivity contribution in [3.63, 3.8) is 0 Å². The predicted octanol–water partition coefficient (Wildman–Crippen LogP) is 2.68. The number of nitrogens with zero attached hydrogens (tertiary/aromatic N) is 2. The number of hydrogen-bond acceptors (Lipinski definition) is 5. The summed E-state index contributed by atoms with van der Waals surface area (Å²) >= 11 is 0. The maximum absolute atomic E-state index is 11.2. The molecule has 0 saturated heterocycles. The van der Waals surface area contributed by atoms with E-state index in [0.29, 0.717) is 11.1 Å². The second kappa shape index (κ2) is 5.58. The SMILES string of the molecule is Cc1cc(C)c(Oc2cnccc2C(=N)N)c([N+](=O)[O-])c1. The van der Waals surface area contributed by atoms with E-state index in [2.05, 4.69) is 4.98 Å². The van der Waals surface area contributed by atoms with Gasteiger partial charge in [-0.1, -0.05) is 6.07 Å². The highest BCUT2D eigenvalue weighted by Gasteiger charge is 2.20. The first kappa shape index (κ1) is 14.4. The topological polar surface area (TPSA) is 115 Å². The zero-order valence-electron chi connectivity index (χ0n) is 11.6. The number of hydrogen-bond donors (Lipinski definition) is 2. The van der Waals surface area contributed by atoms with Crippen LogP contribution in [0.1, 0.15) is 16.7 Å². The van der Waals surface area contributed by atoms with Crippen LogP contribution in [0.3, 0.4) is 0 Å². The number of pyridine rings is 1. The predicted molar refractivity (Wildman–Crippen MR) is 77.9 cm³/mol. The van der Waals surface area contributed by atoms with Crippen molar-refractivity contribution >= 4 is 11.5 Å². The molecule has 7 heteroatoms. The summed E-state index contributed by atoms with van der Waals surface area (Å²) in [7, 11) is 0. The van der Waals surface area contributed by atoms with E-state index in [1.165, 1.54) is 24.5 Å². The van der Waals surface area contributed by atoms with Crippen LogP contribution >= 0.6 is 0 Å². The van der Waals surface area contributed by atoms with Gasteiger partial charge in [0.15, 0.2) is 5.75 Å². The largest absolute Gasteiger partial charge is 0.447 e. The van der Waals surface area contributed by atoms with Crippen LogP contribution in [-0.4, -0.2) is 15.7 Å². The zero-order chi connectivity index (χ0) is 15.6. The molecule has 0 radical (unpaired) electrons. The zero-order valence-corrected chi connectivity index (χ0v) is 11.6. The molecule has 0 bridgehead atoms. The van der Waals surface area contributed by atoms with E-state index in [4.69, 9.17) is 15.9 Å². The van der Waals surface area contributed by atoms with Gasteiger partial charge < -0.3 is 10.5 Å². The second-order valence-corrected chi connectivity index (χ2v) is 4.57. The Morgan fingerprint density at radius 3 is 2.76 bits per heavy atom. The number of ether oxygens (including phenoxy) is 1. The lowest BCUT2D eigenvalue weighted by molar-refractivity contribution is -0.385. The molecule has 0 spiro atoms. The van der Waals surface area contributed by atoms with Gasteiger partial charge in [-0.2, -0.15) is 0 Å². The van der Waals surface area contributed by atoms with Gasteiger partial charge in [0.05, 0.1) is 16.7 Å². The van der Waals surface area contributed by atoms with Crippen LogP contribution in [0.15, 0.2) is 30.6 Å². The third-order valence-corrected chi connectivity index (χ3v) is 2.88. The Labute approximate surface area is 121 Å². The molecule has 108 valence electrons. The average molecular weight is 286 g/mol. The number of aromatic nitrogens is 1. The first-order valence-electron chi connectivity index (χ1n) is 6.12. The van der Waals surface area contributed by atoms with Crippen LogP contribution in [-0.2, 0) is 0 Å². The molecule has 0 aliphatic carbocycles. The number of rotatable bonds is 4. The molecule has 2 aromatic rings. The molecule has 0 unspecified atom stereocenters. The normalized spacial score (nSPS) is 10.2. The van der Waals surface area contributed by atoms with E-state index >= 15 is 0 Å². The molecule has 0 aliphatic rings. The van der Waals surface area contributed by atoms with E-state index < -0.39 is 4.92 Å². The van der Waals surface area contributed by atoms with Gasteiger partial charge in [0.2, 0.25) is 5.75 Å². The molecule has 0 amide bonds. The van der Waals surface area contributed by atoms with E-state index in [1.54, 1.807) is 19.9 Å². The number of benzene rings is 1. The molecule has 0 fully saturated rings. The van der Waals surface area contributed by atoms with Crippen molar-refractivity contribution in [2.24, 2.45) is 5.73 Å². The van der Waals surface area contributed by atoms with Crippen molar-refractivity contribution in [3.8, 4) is 11.5 Å². The van der Waals surface area contributed by atoms with Crippen molar-refractivity contribution in [2.45, 2.75) is 13.8 Å². The fourth-order valence-corrected chi connectivity index (χ4v) is 1.99. The highest BCUT2D eigenvalue weighted by Crippen LogP contribution is 2.36. The Bertz CT molecular complexity index is 728. The average Bonchev–Trinajstić information content (AvgIpc) is 2.41. The number of nitrogens with two attached hydrogens (primary N) is 1. The summed E-state index contributed by atoms with van der Waals surface area (Å²) in [6, 6.07) is 4.74. The Balaban J connectivity index is 2.55. The Kier molecular flexibility index (Phi) is 3.84. The quantitative estimate of drug-likeness (QED) is 0.388. The Hall–Kier alpha value is -2.96. The van der Waals surface area contributed by atoms with Crippen molar-refractivity contribution in [2.75, 3.05) is 0 Å². The molecule has 21 heavy (non-hydrogen) atoms. The second-order valence-electron chi connectivity index (χ2n) is 4.57. The molecule has 3 N–H and O–H groups in total. The van der Waals surface area contributed by atoms with Gasteiger partial charge in [-0.3, -0.25) is 20.5 Å². The summed E-state index contributed by atoms with van der Waals surface area (Å²) in [5, 5.41) is 18.7. The standard InChI is InChI=1S/C14H14N4O3/c1-8-5-9(2)13(11(6-8)18(19)20)21-12-7-17-4-3-10(12)14(15)16/h3-7H,1-2H3,(H3,15,16). The van der Waals surface area contributed by atoms with Crippen molar-refractivity contribution in [1.82, 2.24) is 4.98 Å². The molecule has 7 nitrogen and oxygen atoms in total. The lowest BCUT2D eigenvalue weighted by Gasteiger charge is -2.12. The van der Waals surface area contributed by atoms with E-state index in [-0.39, 0.29) is 23.0 Å². The van der Waals surface area contributed by atoms with Crippen LogP contribution in [0, 0.1) is 29.4 Å². The summed E-state index contributed by atoms with van der Waals surface area (Å²) in [5.74, 6) is 0.140. The number of nitro benzene ring substituents is 1. The first-order chi connectivity index (χ1) is 9.90. The van der Waals surface area contributed by atoms with Crippen LogP contribution in [0.4, 0.5) is 5.69 Å². The van der Waals surface area contributed by atoms with Gasteiger partial charge in [0.1, 0.15) is 5.84 Å². The van der Waals surface area contributed by atoms with Crippen molar-refractivity contribution in [3.05, 3.63) is 57.4 Å². The van der Waals surface area contributed by atoms with Crippen LogP contribution in [0.5, 0.6) is 11.5 Å². The molecule has 0 atom stereocenters. The Morgan fingerprint density at radius 1 is 1.43 bits per heavy atom. The van der Waals surface area contributed by atoms with Gasteiger partial charge in [-0.15, -0.1) is 0 Å².